The quantitative estimate of drug-likeness (QED) is 0.681. The molecule has 0 amide bonds. The van der Waals surface area contributed by atoms with Gasteiger partial charge in [-0.3, -0.25) is 0 Å². The molecule has 0 bridgehead atoms. The molecule has 0 atom stereocenters. The molecule has 0 aliphatic heterocycles. The van der Waals surface area contributed by atoms with Gasteiger partial charge in [0.25, 0.3) is 0 Å². The van der Waals surface area contributed by atoms with Gasteiger partial charge in [-0.1, -0.05) is 6.42 Å². The molecule has 0 aromatic heterocycles. The molecule has 0 aromatic rings. The van der Waals surface area contributed by atoms with E-state index >= 15 is 0 Å². The second-order valence-electron chi connectivity index (χ2n) is 2.87. The van der Waals surface area contributed by atoms with E-state index in [4.69, 9.17) is 11.6 Å². The van der Waals surface area contributed by atoms with Gasteiger partial charge in [0.05, 0.1) is 0 Å². The fourth-order valence-electron chi connectivity index (χ4n) is 0.980. The normalized spacial score (nSPS) is 19.7. The van der Waals surface area contributed by atoms with Crippen LogP contribution in [0.2, 0.25) is 0 Å². The first kappa shape index (κ1) is 9.29. The van der Waals surface area contributed by atoms with Crippen LogP contribution in [0.1, 0.15) is 19.3 Å². The highest BCUT2D eigenvalue weighted by Crippen LogP contribution is 2.25. The summed E-state index contributed by atoms with van der Waals surface area (Å²) in [4.78, 5) is 0. The molecular formula is C6H12ClNO2S. The van der Waals surface area contributed by atoms with Crippen molar-refractivity contribution in [3.63, 3.8) is 0 Å². The molecule has 11 heavy (non-hydrogen) atoms. The van der Waals surface area contributed by atoms with Gasteiger partial charge in [0.1, 0.15) is 5.21 Å². The van der Waals surface area contributed by atoms with Crippen molar-refractivity contribution in [2.45, 2.75) is 19.3 Å². The lowest BCUT2D eigenvalue weighted by Crippen LogP contribution is -2.32. The van der Waals surface area contributed by atoms with Crippen LogP contribution in [0.5, 0.6) is 0 Å². The van der Waals surface area contributed by atoms with Gasteiger partial charge < -0.3 is 0 Å². The second kappa shape index (κ2) is 3.74. The van der Waals surface area contributed by atoms with E-state index in [1.807, 2.05) is 0 Å². The first-order valence-electron chi connectivity index (χ1n) is 3.67. The van der Waals surface area contributed by atoms with Crippen molar-refractivity contribution in [2.75, 3.05) is 11.8 Å². The molecule has 1 fully saturated rings. The van der Waals surface area contributed by atoms with Gasteiger partial charge in [0.15, 0.2) is 0 Å². The lowest BCUT2D eigenvalue weighted by Gasteiger charge is -2.24. The molecule has 0 spiro atoms. The van der Waals surface area contributed by atoms with E-state index in [9.17, 15) is 8.42 Å². The molecule has 0 aromatic carbocycles. The van der Waals surface area contributed by atoms with Crippen molar-refractivity contribution in [2.24, 2.45) is 5.92 Å². The predicted molar refractivity (Wildman–Crippen MR) is 45.0 cm³/mol. The van der Waals surface area contributed by atoms with Gasteiger partial charge in [0.2, 0.25) is 10.0 Å². The summed E-state index contributed by atoms with van der Waals surface area (Å²) in [7, 11) is -3.18. The average Bonchev–Trinajstić information content (AvgIpc) is 1.84. The van der Waals surface area contributed by atoms with Crippen LogP contribution in [-0.4, -0.2) is 20.2 Å². The third-order valence-electron chi connectivity index (χ3n) is 1.96. The maximum Gasteiger partial charge on any atom is 0.225 e. The van der Waals surface area contributed by atoms with E-state index < -0.39 is 10.0 Å². The molecule has 0 unspecified atom stereocenters. The van der Waals surface area contributed by atoms with Crippen LogP contribution in [0.4, 0.5) is 0 Å². The van der Waals surface area contributed by atoms with Crippen LogP contribution < -0.4 is 4.72 Å². The second-order valence-corrected chi connectivity index (χ2v) is 5.26. The standard InChI is InChI=1S/C6H12ClNO2S/c7-5-11(9,10)8-4-6-2-1-3-6/h6,8H,1-5H2. The molecule has 1 aliphatic carbocycles. The fraction of sp³-hybridized carbons (Fsp3) is 1.00. The van der Waals surface area contributed by atoms with Crippen molar-refractivity contribution < 1.29 is 8.42 Å². The summed E-state index contributed by atoms with van der Waals surface area (Å²) in [5.41, 5.74) is 0. The molecular weight excluding hydrogens is 186 g/mol. The van der Waals surface area contributed by atoms with Crippen LogP contribution in [0.15, 0.2) is 0 Å². The minimum atomic E-state index is -3.18. The molecule has 0 heterocycles. The lowest BCUT2D eigenvalue weighted by atomic mass is 9.86. The number of hydrogen-bond donors (Lipinski definition) is 1. The number of nitrogens with one attached hydrogen (secondary N) is 1. The minimum Gasteiger partial charge on any atom is -0.214 e. The Bertz CT molecular complexity index is 211. The van der Waals surface area contributed by atoms with Gasteiger partial charge in [-0.25, -0.2) is 13.1 Å². The Balaban J connectivity index is 2.20. The molecule has 1 rings (SSSR count). The first-order valence-corrected chi connectivity index (χ1v) is 5.86. The van der Waals surface area contributed by atoms with Crippen LogP contribution in [0.25, 0.3) is 0 Å². The van der Waals surface area contributed by atoms with Crippen LogP contribution in [0, 0.1) is 5.92 Å². The summed E-state index contributed by atoms with van der Waals surface area (Å²) in [6.45, 7) is 0.565. The highest BCUT2D eigenvalue weighted by molar-refractivity contribution is 7.90. The van der Waals surface area contributed by atoms with Gasteiger partial charge in [0, 0.05) is 6.54 Å². The molecule has 0 radical (unpaired) electrons. The Kier molecular flexibility index (Phi) is 3.16. The molecule has 5 heteroatoms. The van der Waals surface area contributed by atoms with Crippen molar-refractivity contribution >= 4 is 21.6 Å². The maximum atomic E-state index is 10.8. The van der Waals surface area contributed by atoms with Crippen molar-refractivity contribution in [1.29, 1.82) is 0 Å². The lowest BCUT2D eigenvalue weighted by molar-refractivity contribution is 0.316. The van der Waals surface area contributed by atoms with Gasteiger partial charge in [-0.05, 0) is 18.8 Å². The molecule has 1 N–H and O–H groups in total. The SMILES string of the molecule is O=S(=O)(CCl)NCC1CCC1. The number of hydrogen-bond acceptors (Lipinski definition) is 2. The third-order valence-corrected chi connectivity index (χ3v) is 3.72. The van der Waals surface area contributed by atoms with Crippen LogP contribution in [-0.2, 0) is 10.0 Å². The van der Waals surface area contributed by atoms with Crippen molar-refractivity contribution in [3.05, 3.63) is 0 Å². The largest absolute Gasteiger partial charge is 0.225 e. The summed E-state index contributed by atoms with van der Waals surface area (Å²) in [6, 6.07) is 0. The van der Waals surface area contributed by atoms with Crippen molar-refractivity contribution in [1.82, 2.24) is 4.72 Å². The van der Waals surface area contributed by atoms with Crippen molar-refractivity contribution in [3.8, 4) is 0 Å². The number of alkyl halides is 1. The monoisotopic (exact) mass is 197 g/mol. The average molecular weight is 198 g/mol. The Hall–Kier alpha value is 0.200. The highest BCUT2D eigenvalue weighted by atomic mass is 35.5. The Morgan fingerprint density at radius 2 is 2.09 bits per heavy atom. The Morgan fingerprint density at radius 1 is 1.45 bits per heavy atom. The molecule has 1 aliphatic rings. The van der Waals surface area contributed by atoms with E-state index in [0.29, 0.717) is 12.5 Å². The van der Waals surface area contributed by atoms with E-state index in [1.54, 1.807) is 0 Å². The number of rotatable bonds is 4. The van der Waals surface area contributed by atoms with Gasteiger partial charge in [-0.2, -0.15) is 0 Å². The minimum absolute atomic E-state index is 0.334. The van der Waals surface area contributed by atoms with E-state index in [-0.39, 0.29) is 5.21 Å². The number of sulfonamides is 1. The zero-order valence-electron chi connectivity index (χ0n) is 6.22. The molecule has 3 nitrogen and oxygen atoms in total. The Morgan fingerprint density at radius 3 is 2.45 bits per heavy atom. The maximum absolute atomic E-state index is 10.8. The zero-order valence-corrected chi connectivity index (χ0v) is 7.79. The summed E-state index contributed by atoms with van der Waals surface area (Å²) in [5.74, 6) is 0.549. The molecule has 0 saturated heterocycles. The summed E-state index contributed by atoms with van der Waals surface area (Å²) < 4.78 is 24.1. The third kappa shape index (κ3) is 2.97. The summed E-state index contributed by atoms with van der Waals surface area (Å²) >= 11 is 5.19. The van der Waals surface area contributed by atoms with E-state index in [0.717, 1.165) is 12.8 Å². The van der Waals surface area contributed by atoms with Crippen LogP contribution in [0.3, 0.4) is 0 Å². The number of halogens is 1. The summed E-state index contributed by atoms with van der Waals surface area (Å²) in [5, 5.41) is -0.334. The van der Waals surface area contributed by atoms with Gasteiger partial charge in [-0.15, -0.1) is 11.6 Å². The first-order chi connectivity index (χ1) is 5.14. The Labute approximate surface area is 72.2 Å². The molecule has 66 valence electrons. The van der Waals surface area contributed by atoms with Crippen LogP contribution >= 0.6 is 11.6 Å². The highest BCUT2D eigenvalue weighted by Gasteiger charge is 2.19. The molecule has 1 saturated carbocycles. The fourth-order valence-corrected chi connectivity index (χ4v) is 1.78. The predicted octanol–water partition coefficient (Wildman–Crippen LogP) is 0.902. The topological polar surface area (TPSA) is 46.2 Å². The van der Waals surface area contributed by atoms with E-state index in [2.05, 4.69) is 4.72 Å². The summed E-state index contributed by atoms with van der Waals surface area (Å²) in [6.07, 6.45) is 3.52. The zero-order chi connectivity index (χ0) is 8.32. The van der Waals surface area contributed by atoms with E-state index in [1.165, 1.54) is 6.42 Å². The smallest absolute Gasteiger partial charge is 0.214 e. The van der Waals surface area contributed by atoms with Gasteiger partial charge >= 0.3 is 0 Å².